The van der Waals surface area contributed by atoms with Gasteiger partial charge >= 0.3 is 5.97 Å². The molecule has 0 atom stereocenters. The summed E-state index contributed by atoms with van der Waals surface area (Å²) >= 11 is 0. The third-order valence-electron chi connectivity index (χ3n) is 2.41. The van der Waals surface area contributed by atoms with Crippen molar-refractivity contribution >= 4 is 11.7 Å². The van der Waals surface area contributed by atoms with Crippen LogP contribution in [0.25, 0.3) is 0 Å². The summed E-state index contributed by atoms with van der Waals surface area (Å²) in [5.41, 5.74) is 0.914. The lowest BCUT2D eigenvalue weighted by molar-refractivity contribution is -0.135. The van der Waals surface area contributed by atoms with Gasteiger partial charge in [-0.3, -0.25) is 5.41 Å². The van der Waals surface area contributed by atoms with Gasteiger partial charge in [0.15, 0.2) is 0 Å². The van der Waals surface area contributed by atoms with Crippen LogP contribution in [-0.2, 0) is 9.53 Å². The average molecular weight is 211 g/mol. The van der Waals surface area contributed by atoms with Crippen LogP contribution in [0.1, 0.15) is 26.2 Å². The van der Waals surface area contributed by atoms with E-state index < -0.39 is 5.97 Å². The molecule has 0 heterocycles. The first-order valence-electron chi connectivity index (χ1n) is 4.85. The number of allylic oxidation sites excluding steroid dienone is 3. The average Bonchev–Trinajstić information content (AvgIpc) is 2.35. The van der Waals surface area contributed by atoms with Gasteiger partial charge in [-0.2, -0.15) is 0 Å². The van der Waals surface area contributed by atoms with Crippen LogP contribution in [0, 0.1) is 5.41 Å². The van der Waals surface area contributed by atoms with Gasteiger partial charge in [0, 0.05) is 6.42 Å². The highest BCUT2D eigenvalue weighted by molar-refractivity contribution is 6.23. The topological polar surface area (TPSA) is 50.2 Å². The zero-order valence-electron chi connectivity index (χ0n) is 8.89. The molecule has 82 valence electrons. The molecule has 1 N–H and O–H groups in total. The number of carbonyl (C=O) groups excluding carboxylic acids is 1. The van der Waals surface area contributed by atoms with Gasteiger partial charge in [0.2, 0.25) is 0 Å². The molecule has 0 aromatic rings. The van der Waals surface area contributed by atoms with E-state index >= 15 is 0 Å². The number of carbonyl (C=O) groups is 1. The van der Waals surface area contributed by atoms with Gasteiger partial charge < -0.3 is 4.74 Å². The standard InChI is InChI=1S/C11H14FNO2/c1-3-7-4-5-8(12)6-9(13)10(7)11(14)15-2/h6,13H,3-5H2,1-2H3. The maximum absolute atomic E-state index is 13.1. The molecule has 0 spiro atoms. The van der Waals surface area contributed by atoms with E-state index in [9.17, 15) is 9.18 Å². The second-order valence-corrected chi connectivity index (χ2v) is 3.33. The van der Waals surface area contributed by atoms with Crippen molar-refractivity contribution in [2.75, 3.05) is 7.11 Å². The lowest BCUT2D eigenvalue weighted by atomic mass is 10.00. The van der Waals surface area contributed by atoms with Gasteiger partial charge in [0.05, 0.1) is 18.4 Å². The lowest BCUT2D eigenvalue weighted by Gasteiger charge is -2.08. The summed E-state index contributed by atoms with van der Waals surface area (Å²) < 4.78 is 17.7. The molecular weight excluding hydrogens is 197 g/mol. The molecule has 15 heavy (non-hydrogen) atoms. The maximum Gasteiger partial charge on any atom is 0.339 e. The second kappa shape index (κ2) is 4.87. The van der Waals surface area contributed by atoms with Crippen LogP contribution in [0.5, 0.6) is 0 Å². The molecule has 0 saturated heterocycles. The van der Waals surface area contributed by atoms with E-state index in [1.165, 1.54) is 7.11 Å². The largest absolute Gasteiger partial charge is 0.465 e. The number of rotatable bonds is 2. The minimum Gasteiger partial charge on any atom is -0.465 e. The fourth-order valence-electron chi connectivity index (χ4n) is 1.60. The zero-order valence-corrected chi connectivity index (χ0v) is 8.89. The molecule has 1 aliphatic rings. The molecule has 0 unspecified atom stereocenters. The monoisotopic (exact) mass is 211 g/mol. The summed E-state index contributed by atoms with van der Waals surface area (Å²) in [6.45, 7) is 1.88. The Labute approximate surface area is 88.1 Å². The van der Waals surface area contributed by atoms with Crippen molar-refractivity contribution in [3.63, 3.8) is 0 Å². The van der Waals surface area contributed by atoms with Crippen LogP contribution in [0.3, 0.4) is 0 Å². The molecule has 4 heteroatoms. The number of methoxy groups -OCH3 is 1. The smallest absolute Gasteiger partial charge is 0.339 e. The van der Waals surface area contributed by atoms with Crippen LogP contribution >= 0.6 is 0 Å². The number of nitrogens with one attached hydrogen (secondary N) is 1. The number of hydrogen-bond donors (Lipinski definition) is 1. The molecule has 0 aromatic heterocycles. The highest BCUT2D eigenvalue weighted by Crippen LogP contribution is 2.25. The van der Waals surface area contributed by atoms with E-state index in [0.29, 0.717) is 12.8 Å². The molecule has 0 aromatic carbocycles. The van der Waals surface area contributed by atoms with E-state index in [-0.39, 0.29) is 23.5 Å². The second-order valence-electron chi connectivity index (χ2n) is 3.33. The lowest BCUT2D eigenvalue weighted by Crippen LogP contribution is -2.14. The Morgan fingerprint density at radius 3 is 2.80 bits per heavy atom. The first-order valence-corrected chi connectivity index (χ1v) is 4.85. The Balaban J connectivity index is 3.15. The van der Waals surface area contributed by atoms with Gasteiger partial charge in [-0.25, -0.2) is 9.18 Å². The number of hydrogen-bond acceptors (Lipinski definition) is 3. The highest BCUT2D eigenvalue weighted by Gasteiger charge is 2.21. The molecule has 0 radical (unpaired) electrons. The van der Waals surface area contributed by atoms with Crippen LogP contribution in [0.4, 0.5) is 4.39 Å². The molecule has 0 saturated carbocycles. The van der Waals surface area contributed by atoms with Crippen molar-refractivity contribution in [2.24, 2.45) is 0 Å². The summed E-state index contributed by atoms with van der Waals surface area (Å²) in [7, 11) is 1.26. The Bertz CT molecular complexity index is 356. The number of halogens is 1. The summed E-state index contributed by atoms with van der Waals surface area (Å²) in [6.07, 6.45) is 2.46. The van der Waals surface area contributed by atoms with E-state index in [0.717, 1.165) is 11.6 Å². The van der Waals surface area contributed by atoms with Crippen LogP contribution < -0.4 is 0 Å². The summed E-state index contributed by atoms with van der Waals surface area (Å²) in [5, 5.41) is 7.61. The normalized spacial score (nSPS) is 17.3. The Kier molecular flexibility index (Phi) is 3.77. The predicted octanol–water partition coefficient (Wildman–Crippen LogP) is 2.53. The highest BCUT2D eigenvalue weighted by atomic mass is 19.1. The van der Waals surface area contributed by atoms with Gasteiger partial charge in [-0.05, 0) is 18.9 Å². The van der Waals surface area contributed by atoms with Gasteiger partial charge in [0.25, 0.3) is 0 Å². The fraction of sp³-hybridized carbons (Fsp3) is 0.455. The molecule has 0 bridgehead atoms. The van der Waals surface area contributed by atoms with E-state index in [1.54, 1.807) is 0 Å². The van der Waals surface area contributed by atoms with Crippen LogP contribution in [-0.4, -0.2) is 18.8 Å². The van der Waals surface area contributed by atoms with E-state index in [1.807, 2.05) is 6.92 Å². The minimum atomic E-state index is -0.553. The number of ether oxygens (including phenoxy) is 1. The molecule has 0 amide bonds. The van der Waals surface area contributed by atoms with E-state index in [4.69, 9.17) is 5.41 Å². The van der Waals surface area contributed by atoms with Crippen molar-refractivity contribution in [1.29, 1.82) is 5.41 Å². The van der Waals surface area contributed by atoms with Crippen molar-refractivity contribution in [3.8, 4) is 0 Å². The van der Waals surface area contributed by atoms with Crippen LogP contribution in [0.15, 0.2) is 23.0 Å². The predicted molar refractivity (Wildman–Crippen MR) is 55.5 cm³/mol. The molecule has 0 fully saturated rings. The molecule has 1 rings (SSSR count). The summed E-state index contributed by atoms with van der Waals surface area (Å²) in [5.74, 6) is -0.910. The van der Waals surface area contributed by atoms with Crippen molar-refractivity contribution in [3.05, 3.63) is 23.0 Å². The van der Waals surface area contributed by atoms with Crippen LogP contribution in [0.2, 0.25) is 0 Å². The van der Waals surface area contributed by atoms with E-state index in [2.05, 4.69) is 4.74 Å². The Hall–Kier alpha value is -1.45. The van der Waals surface area contributed by atoms with Crippen molar-refractivity contribution < 1.29 is 13.9 Å². The molecule has 1 aliphatic carbocycles. The first-order chi connectivity index (χ1) is 7.10. The molecule has 3 nitrogen and oxygen atoms in total. The first kappa shape index (κ1) is 11.6. The minimum absolute atomic E-state index is 0.0892. The maximum atomic E-state index is 13.1. The molecule has 0 aliphatic heterocycles. The number of esters is 1. The fourth-order valence-corrected chi connectivity index (χ4v) is 1.60. The molecular formula is C11H14FNO2. The summed E-state index contributed by atoms with van der Waals surface area (Å²) in [6, 6.07) is 0. The third kappa shape index (κ3) is 2.52. The Morgan fingerprint density at radius 1 is 1.60 bits per heavy atom. The van der Waals surface area contributed by atoms with Gasteiger partial charge in [-0.1, -0.05) is 12.5 Å². The summed E-state index contributed by atoms with van der Waals surface area (Å²) in [4.78, 5) is 11.4. The quantitative estimate of drug-likeness (QED) is 0.713. The third-order valence-corrected chi connectivity index (χ3v) is 2.41. The zero-order chi connectivity index (χ0) is 11.4. The van der Waals surface area contributed by atoms with Gasteiger partial charge in [-0.15, -0.1) is 0 Å². The SMILES string of the molecule is CCC1=C(C(=O)OC)C(=N)C=C(F)CC1. The van der Waals surface area contributed by atoms with Gasteiger partial charge in [0.1, 0.15) is 5.83 Å². The van der Waals surface area contributed by atoms with Crippen molar-refractivity contribution in [2.45, 2.75) is 26.2 Å². The Morgan fingerprint density at radius 2 is 2.27 bits per heavy atom. The van der Waals surface area contributed by atoms with Crippen molar-refractivity contribution in [1.82, 2.24) is 0 Å².